The van der Waals surface area contributed by atoms with E-state index in [0.29, 0.717) is 10.8 Å². The van der Waals surface area contributed by atoms with Crippen LogP contribution in [0.25, 0.3) is 4.96 Å². The molecule has 1 saturated heterocycles. The molecule has 1 aromatic carbocycles. The molecule has 3 heterocycles. The lowest BCUT2D eigenvalue weighted by atomic mass is 10.0. The summed E-state index contributed by atoms with van der Waals surface area (Å²) in [6, 6.07) is 4.51. The van der Waals surface area contributed by atoms with Crippen LogP contribution in [-0.2, 0) is 0 Å². The fourth-order valence-corrected chi connectivity index (χ4v) is 4.67. The van der Waals surface area contributed by atoms with Gasteiger partial charge < -0.3 is 10.0 Å². The van der Waals surface area contributed by atoms with Crippen LogP contribution in [0.2, 0.25) is 5.02 Å². The highest BCUT2D eigenvalue weighted by atomic mass is 35.5. The third-order valence-electron chi connectivity index (χ3n) is 4.72. The maximum absolute atomic E-state index is 13.7. The number of nitrogens with zero attached hydrogens (tertiary/aromatic N) is 5. The monoisotopic (exact) mass is 395 g/mol. The van der Waals surface area contributed by atoms with Crippen molar-refractivity contribution in [2.45, 2.75) is 13.0 Å². The number of thiazole rings is 1. The quantitative estimate of drug-likeness (QED) is 0.739. The van der Waals surface area contributed by atoms with E-state index in [1.54, 1.807) is 19.1 Å². The summed E-state index contributed by atoms with van der Waals surface area (Å²) in [4.78, 5) is 10.3. The first-order chi connectivity index (χ1) is 12.4. The van der Waals surface area contributed by atoms with Gasteiger partial charge >= 0.3 is 0 Å². The molecule has 1 aliphatic rings. The van der Waals surface area contributed by atoms with Crippen molar-refractivity contribution in [2.75, 3.05) is 33.2 Å². The highest BCUT2D eigenvalue weighted by Gasteiger charge is 2.31. The molecule has 0 unspecified atom stereocenters. The summed E-state index contributed by atoms with van der Waals surface area (Å²) in [5, 5.41) is 15.1. The van der Waals surface area contributed by atoms with Gasteiger partial charge in [0.05, 0.1) is 15.9 Å². The summed E-state index contributed by atoms with van der Waals surface area (Å²) in [5.74, 6) is 0.240. The van der Waals surface area contributed by atoms with Gasteiger partial charge in [-0.05, 0) is 31.7 Å². The van der Waals surface area contributed by atoms with E-state index in [-0.39, 0.29) is 16.9 Å². The van der Waals surface area contributed by atoms with Crippen LogP contribution in [0.3, 0.4) is 0 Å². The molecule has 0 radical (unpaired) electrons. The third-order valence-corrected chi connectivity index (χ3v) is 6.08. The molecule has 9 heteroatoms. The summed E-state index contributed by atoms with van der Waals surface area (Å²) < 4.78 is 15.1. The van der Waals surface area contributed by atoms with Gasteiger partial charge in [0.25, 0.3) is 0 Å². The first kappa shape index (κ1) is 17.7. The zero-order valence-electron chi connectivity index (χ0n) is 14.5. The Kier molecular flexibility index (Phi) is 4.60. The number of fused-ring (bicyclic) bond motifs is 1. The van der Waals surface area contributed by atoms with E-state index < -0.39 is 5.82 Å². The number of aromatic nitrogens is 3. The van der Waals surface area contributed by atoms with Gasteiger partial charge in [0.1, 0.15) is 11.6 Å². The van der Waals surface area contributed by atoms with Crippen molar-refractivity contribution in [3.8, 4) is 5.88 Å². The number of aryl methyl sites for hydroxylation is 1. The number of rotatable bonds is 3. The lowest BCUT2D eigenvalue weighted by Crippen LogP contribution is -2.46. The number of likely N-dealkylation sites (N-methyl/N-ethyl adjacent to an activating group) is 1. The first-order valence-corrected chi connectivity index (χ1v) is 9.56. The third kappa shape index (κ3) is 3.07. The topological polar surface area (TPSA) is 56.9 Å². The zero-order valence-corrected chi connectivity index (χ0v) is 16.1. The molecule has 0 saturated carbocycles. The van der Waals surface area contributed by atoms with E-state index in [0.717, 1.165) is 36.6 Å². The molecule has 6 nitrogen and oxygen atoms in total. The fourth-order valence-electron chi connectivity index (χ4n) is 3.32. The molecule has 1 atom stereocenters. The largest absolute Gasteiger partial charge is 0.492 e. The van der Waals surface area contributed by atoms with Crippen LogP contribution in [0, 0.1) is 12.7 Å². The lowest BCUT2D eigenvalue weighted by molar-refractivity contribution is 0.127. The predicted octanol–water partition coefficient (Wildman–Crippen LogP) is 2.93. The average molecular weight is 396 g/mol. The SMILES string of the molecule is Cc1nc2sc([C@H](c3ccc(F)c(Cl)c3)N3CCN(C)CC3)c(O)n2n1. The molecular formula is C17H19ClFN5OS. The Morgan fingerprint density at radius 1 is 1.27 bits per heavy atom. The summed E-state index contributed by atoms with van der Waals surface area (Å²) in [6.45, 7) is 5.30. The van der Waals surface area contributed by atoms with Crippen molar-refractivity contribution in [1.82, 2.24) is 24.4 Å². The number of hydrogen-bond acceptors (Lipinski definition) is 6. The number of hydrogen-bond donors (Lipinski definition) is 1. The van der Waals surface area contributed by atoms with Gasteiger partial charge in [0, 0.05) is 26.2 Å². The van der Waals surface area contributed by atoms with Crippen LogP contribution in [-0.4, -0.2) is 62.7 Å². The molecule has 0 amide bonds. The second-order valence-electron chi connectivity index (χ2n) is 6.56. The van der Waals surface area contributed by atoms with Crippen LogP contribution < -0.4 is 0 Å². The second kappa shape index (κ2) is 6.77. The molecule has 1 N–H and O–H groups in total. The predicted molar refractivity (Wildman–Crippen MR) is 99.6 cm³/mol. The summed E-state index contributed by atoms with van der Waals surface area (Å²) in [7, 11) is 2.09. The maximum atomic E-state index is 13.7. The molecule has 0 bridgehead atoms. The zero-order chi connectivity index (χ0) is 18.4. The Morgan fingerprint density at radius 2 is 2.00 bits per heavy atom. The van der Waals surface area contributed by atoms with Crippen molar-refractivity contribution in [3.05, 3.63) is 45.3 Å². The van der Waals surface area contributed by atoms with Crippen LogP contribution in [0.15, 0.2) is 18.2 Å². The molecule has 138 valence electrons. The van der Waals surface area contributed by atoms with Crippen molar-refractivity contribution in [1.29, 1.82) is 0 Å². The smallest absolute Gasteiger partial charge is 0.230 e. The minimum atomic E-state index is -0.449. The highest BCUT2D eigenvalue weighted by Crippen LogP contribution is 2.40. The first-order valence-electron chi connectivity index (χ1n) is 8.36. The van der Waals surface area contributed by atoms with Crippen LogP contribution in [0.4, 0.5) is 4.39 Å². The van der Waals surface area contributed by atoms with Gasteiger partial charge in [-0.25, -0.2) is 9.37 Å². The Balaban J connectivity index is 1.82. The highest BCUT2D eigenvalue weighted by molar-refractivity contribution is 7.17. The molecule has 2 aromatic heterocycles. The van der Waals surface area contributed by atoms with Crippen molar-refractivity contribution < 1.29 is 9.50 Å². The fraction of sp³-hybridized carbons (Fsp3) is 0.412. The molecule has 26 heavy (non-hydrogen) atoms. The Morgan fingerprint density at radius 3 is 2.65 bits per heavy atom. The summed E-state index contributed by atoms with van der Waals surface area (Å²) in [6.07, 6.45) is 0. The summed E-state index contributed by atoms with van der Waals surface area (Å²) in [5.41, 5.74) is 0.845. The second-order valence-corrected chi connectivity index (χ2v) is 7.97. The van der Waals surface area contributed by atoms with Gasteiger partial charge in [-0.1, -0.05) is 29.0 Å². The Bertz CT molecular complexity index is 950. The minimum Gasteiger partial charge on any atom is -0.492 e. The number of piperazine rings is 1. The molecule has 3 aromatic rings. The van der Waals surface area contributed by atoms with Crippen LogP contribution in [0.1, 0.15) is 22.3 Å². The Hall–Kier alpha value is -1.74. The van der Waals surface area contributed by atoms with E-state index in [2.05, 4.69) is 26.9 Å². The molecule has 1 fully saturated rings. The molecule has 0 spiro atoms. The van der Waals surface area contributed by atoms with E-state index in [1.807, 2.05) is 0 Å². The van der Waals surface area contributed by atoms with Crippen molar-refractivity contribution in [3.63, 3.8) is 0 Å². The lowest BCUT2D eigenvalue weighted by Gasteiger charge is -2.37. The normalized spacial score (nSPS) is 17.8. The van der Waals surface area contributed by atoms with Gasteiger partial charge in [-0.2, -0.15) is 4.52 Å². The van der Waals surface area contributed by atoms with Gasteiger partial charge in [0.2, 0.25) is 10.8 Å². The molecule has 1 aliphatic heterocycles. The molecular weight excluding hydrogens is 377 g/mol. The Labute approximate surface area is 159 Å². The van der Waals surface area contributed by atoms with Gasteiger partial charge in [0.15, 0.2) is 0 Å². The number of aromatic hydroxyl groups is 1. The van der Waals surface area contributed by atoms with Crippen molar-refractivity contribution >= 4 is 27.9 Å². The minimum absolute atomic E-state index is 0.0787. The van der Waals surface area contributed by atoms with E-state index in [4.69, 9.17) is 11.6 Å². The number of halogens is 2. The average Bonchev–Trinajstić information content (AvgIpc) is 3.11. The van der Waals surface area contributed by atoms with E-state index >= 15 is 0 Å². The van der Waals surface area contributed by atoms with Crippen LogP contribution in [0.5, 0.6) is 5.88 Å². The summed E-state index contributed by atoms with van der Waals surface area (Å²) >= 11 is 7.43. The van der Waals surface area contributed by atoms with Gasteiger partial charge in [-0.15, -0.1) is 5.10 Å². The van der Waals surface area contributed by atoms with E-state index in [9.17, 15) is 9.50 Å². The van der Waals surface area contributed by atoms with Gasteiger partial charge in [-0.3, -0.25) is 4.90 Å². The van der Waals surface area contributed by atoms with Crippen LogP contribution >= 0.6 is 22.9 Å². The maximum Gasteiger partial charge on any atom is 0.230 e. The van der Waals surface area contributed by atoms with E-state index in [1.165, 1.54) is 21.9 Å². The van der Waals surface area contributed by atoms with Crippen molar-refractivity contribution in [2.24, 2.45) is 0 Å². The molecule has 0 aliphatic carbocycles. The number of benzene rings is 1. The molecule has 4 rings (SSSR count). The standard InChI is InChI=1S/C17H19ClFN5OS/c1-10-20-17-24(21-10)16(25)15(26-17)14(23-7-5-22(2)6-8-23)11-3-4-13(19)12(18)9-11/h3-4,9,14,25H,5-8H2,1-2H3/t14-/m0/s1.